The van der Waals surface area contributed by atoms with Crippen LogP contribution < -0.4 is 5.32 Å². The first-order valence-corrected chi connectivity index (χ1v) is 10.5. The molecule has 0 fully saturated rings. The highest BCUT2D eigenvalue weighted by molar-refractivity contribution is 7.99. The summed E-state index contributed by atoms with van der Waals surface area (Å²) in [5.74, 6) is 1.84. The molecule has 3 heterocycles. The van der Waals surface area contributed by atoms with Crippen LogP contribution in [-0.2, 0) is 13.0 Å². The molecule has 0 aliphatic carbocycles. The molecule has 4 rings (SSSR count). The smallest absolute Gasteiger partial charge is 0.253 e. The molecule has 1 N–H and O–H groups in total. The van der Waals surface area contributed by atoms with Gasteiger partial charge in [0.1, 0.15) is 11.3 Å². The van der Waals surface area contributed by atoms with E-state index in [2.05, 4.69) is 27.0 Å². The summed E-state index contributed by atoms with van der Waals surface area (Å²) in [4.78, 5) is 23.5. The molecule has 6 heteroatoms. The number of amides is 1. The summed E-state index contributed by atoms with van der Waals surface area (Å²) in [6, 6.07) is 12.1. The van der Waals surface area contributed by atoms with Gasteiger partial charge in [0, 0.05) is 35.9 Å². The zero-order valence-electron chi connectivity index (χ0n) is 15.6. The standard InChI is InChI=1S/C21H24N4OS/c1-15-14-17(21(26)22-11-13-27-16-8-4-2-5-9-16)19-20(23-15)25-12-7-3-6-10-18(25)24-19/h2,4-5,8-9,14H,3,6-7,10-13H2,1H3,(H,22,26). The van der Waals surface area contributed by atoms with Crippen LogP contribution in [0.5, 0.6) is 0 Å². The number of aromatic nitrogens is 3. The highest BCUT2D eigenvalue weighted by Crippen LogP contribution is 2.24. The van der Waals surface area contributed by atoms with Crippen LogP contribution in [0.4, 0.5) is 0 Å². The maximum Gasteiger partial charge on any atom is 0.253 e. The van der Waals surface area contributed by atoms with Crippen molar-refractivity contribution < 1.29 is 4.79 Å². The molecule has 0 saturated heterocycles. The molecular weight excluding hydrogens is 356 g/mol. The number of hydrogen-bond acceptors (Lipinski definition) is 4. The van der Waals surface area contributed by atoms with Crippen molar-refractivity contribution in [2.45, 2.75) is 44.0 Å². The molecule has 0 spiro atoms. The number of nitrogens with zero attached hydrogens (tertiary/aromatic N) is 3. The summed E-state index contributed by atoms with van der Waals surface area (Å²) in [6.45, 7) is 3.50. The van der Waals surface area contributed by atoms with Gasteiger partial charge in [-0.15, -0.1) is 11.8 Å². The maximum absolute atomic E-state index is 12.8. The fourth-order valence-corrected chi connectivity index (χ4v) is 4.32. The molecule has 0 atom stereocenters. The lowest BCUT2D eigenvalue weighted by atomic mass is 10.2. The molecule has 0 unspecified atom stereocenters. The van der Waals surface area contributed by atoms with Crippen molar-refractivity contribution in [1.82, 2.24) is 19.9 Å². The Hall–Kier alpha value is -2.34. The maximum atomic E-state index is 12.8. The topological polar surface area (TPSA) is 59.8 Å². The van der Waals surface area contributed by atoms with Crippen LogP contribution in [0.3, 0.4) is 0 Å². The van der Waals surface area contributed by atoms with E-state index in [1.807, 2.05) is 31.2 Å². The minimum atomic E-state index is -0.0626. The molecule has 2 aromatic heterocycles. The van der Waals surface area contributed by atoms with Crippen molar-refractivity contribution in [2.75, 3.05) is 12.3 Å². The van der Waals surface area contributed by atoms with Gasteiger partial charge in [0.25, 0.3) is 5.91 Å². The molecule has 140 valence electrons. The van der Waals surface area contributed by atoms with Crippen LogP contribution in [0, 0.1) is 6.92 Å². The Bertz CT molecular complexity index is 952. The summed E-state index contributed by atoms with van der Waals surface area (Å²) in [7, 11) is 0. The van der Waals surface area contributed by atoms with Crippen molar-refractivity contribution >= 4 is 28.8 Å². The first-order chi connectivity index (χ1) is 13.2. The van der Waals surface area contributed by atoms with Crippen LogP contribution in [-0.4, -0.2) is 32.7 Å². The Balaban J connectivity index is 1.49. The van der Waals surface area contributed by atoms with Crippen LogP contribution >= 0.6 is 11.8 Å². The SMILES string of the molecule is Cc1cc(C(=O)NCCSc2ccccc2)c2nc3n(c2n1)CCCCC3. The van der Waals surface area contributed by atoms with Gasteiger partial charge >= 0.3 is 0 Å². The molecule has 1 aliphatic heterocycles. The Morgan fingerprint density at radius 1 is 1.19 bits per heavy atom. The van der Waals surface area contributed by atoms with Crippen LogP contribution in [0.1, 0.15) is 41.1 Å². The Labute approximate surface area is 163 Å². The number of carbonyl (C=O) groups is 1. The van der Waals surface area contributed by atoms with Gasteiger partial charge in [-0.3, -0.25) is 4.79 Å². The van der Waals surface area contributed by atoms with Crippen molar-refractivity contribution in [1.29, 1.82) is 0 Å². The number of benzene rings is 1. The van der Waals surface area contributed by atoms with E-state index in [9.17, 15) is 4.79 Å². The monoisotopic (exact) mass is 380 g/mol. The van der Waals surface area contributed by atoms with E-state index in [0.717, 1.165) is 54.2 Å². The Morgan fingerprint density at radius 2 is 2.04 bits per heavy atom. The summed E-state index contributed by atoms with van der Waals surface area (Å²) in [6.07, 6.45) is 4.49. The second-order valence-electron chi connectivity index (χ2n) is 6.89. The summed E-state index contributed by atoms with van der Waals surface area (Å²) < 4.78 is 2.21. The van der Waals surface area contributed by atoms with Gasteiger partial charge in [0.2, 0.25) is 0 Å². The average molecular weight is 381 g/mol. The largest absolute Gasteiger partial charge is 0.351 e. The first-order valence-electron chi connectivity index (χ1n) is 9.55. The third-order valence-electron chi connectivity index (χ3n) is 4.84. The predicted octanol–water partition coefficient (Wildman–Crippen LogP) is 3.99. The van der Waals surface area contributed by atoms with Gasteiger partial charge in [0.15, 0.2) is 5.65 Å². The van der Waals surface area contributed by atoms with Gasteiger partial charge < -0.3 is 9.88 Å². The van der Waals surface area contributed by atoms with Crippen molar-refractivity contribution in [2.24, 2.45) is 0 Å². The van der Waals surface area contributed by atoms with Crippen LogP contribution in [0.15, 0.2) is 41.3 Å². The molecule has 1 aliphatic rings. The zero-order valence-corrected chi connectivity index (χ0v) is 16.4. The Kier molecular flexibility index (Phi) is 5.43. The van der Waals surface area contributed by atoms with Gasteiger partial charge in [-0.1, -0.05) is 24.6 Å². The number of fused-ring (bicyclic) bond motifs is 3. The lowest BCUT2D eigenvalue weighted by molar-refractivity contribution is 0.0957. The van der Waals surface area contributed by atoms with Crippen molar-refractivity contribution in [3.05, 3.63) is 53.5 Å². The average Bonchev–Trinajstić information content (AvgIpc) is 2.86. The molecule has 3 aromatic rings. The molecule has 1 amide bonds. The number of nitrogens with one attached hydrogen (secondary N) is 1. The minimum Gasteiger partial charge on any atom is -0.351 e. The molecule has 0 saturated carbocycles. The Morgan fingerprint density at radius 3 is 2.89 bits per heavy atom. The van der Waals surface area contributed by atoms with Crippen LogP contribution in [0.2, 0.25) is 0 Å². The molecule has 0 bridgehead atoms. The number of thioether (sulfide) groups is 1. The van der Waals surface area contributed by atoms with E-state index in [1.54, 1.807) is 11.8 Å². The second-order valence-corrected chi connectivity index (χ2v) is 8.06. The fourth-order valence-electron chi connectivity index (χ4n) is 3.53. The first kappa shape index (κ1) is 18.0. The molecule has 0 radical (unpaired) electrons. The molecular formula is C21H24N4OS. The third kappa shape index (κ3) is 4.00. The van der Waals surface area contributed by atoms with E-state index in [4.69, 9.17) is 4.98 Å². The molecule has 1 aromatic carbocycles. The predicted molar refractivity (Wildman–Crippen MR) is 109 cm³/mol. The molecule has 5 nitrogen and oxygen atoms in total. The minimum absolute atomic E-state index is 0.0626. The van der Waals surface area contributed by atoms with E-state index in [-0.39, 0.29) is 5.91 Å². The van der Waals surface area contributed by atoms with Gasteiger partial charge in [-0.2, -0.15) is 0 Å². The number of rotatable bonds is 5. The summed E-state index contributed by atoms with van der Waals surface area (Å²) in [5, 5.41) is 3.04. The van der Waals surface area contributed by atoms with Gasteiger partial charge in [-0.25, -0.2) is 9.97 Å². The lowest BCUT2D eigenvalue weighted by Gasteiger charge is -2.08. The number of hydrogen-bond donors (Lipinski definition) is 1. The van der Waals surface area contributed by atoms with E-state index < -0.39 is 0 Å². The van der Waals surface area contributed by atoms with Gasteiger partial charge in [-0.05, 0) is 38.0 Å². The highest BCUT2D eigenvalue weighted by atomic mass is 32.2. The van der Waals surface area contributed by atoms with Crippen molar-refractivity contribution in [3.63, 3.8) is 0 Å². The highest BCUT2D eigenvalue weighted by Gasteiger charge is 2.20. The number of imidazole rings is 1. The summed E-state index contributed by atoms with van der Waals surface area (Å²) >= 11 is 1.74. The fraction of sp³-hybridized carbons (Fsp3) is 0.381. The summed E-state index contributed by atoms with van der Waals surface area (Å²) in [5.41, 5.74) is 3.10. The number of carbonyl (C=O) groups excluding carboxylic acids is 1. The second kappa shape index (κ2) is 8.13. The van der Waals surface area contributed by atoms with E-state index in [0.29, 0.717) is 12.1 Å². The number of pyridine rings is 1. The third-order valence-corrected chi connectivity index (χ3v) is 5.85. The van der Waals surface area contributed by atoms with E-state index >= 15 is 0 Å². The van der Waals surface area contributed by atoms with E-state index in [1.165, 1.54) is 11.3 Å². The quantitative estimate of drug-likeness (QED) is 0.537. The normalized spacial score (nSPS) is 14.0. The van der Waals surface area contributed by atoms with Crippen molar-refractivity contribution in [3.8, 4) is 0 Å². The van der Waals surface area contributed by atoms with Gasteiger partial charge in [0.05, 0.1) is 5.56 Å². The zero-order chi connectivity index (χ0) is 18.6. The van der Waals surface area contributed by atoms with Crippen LogP contribution in [0.25, 0.3) is 11.2 Å². The lowest BCUT2D eigenvalue weighted by Crippen LogP contribution is -2.26. The molecule has 27 heavy (non-hydrogen) atoms. The number of aryl methyl sites for hydroxylation is 3.